The SMILES string of the molecule is Cc1ccc(NC(=O)NC[C@H]2CCCNC2)cc1F. The quantitative estimate of drug-likeness (QED) is 0.785. The Kier molecular flexibility index (Phi) is 4.74. The zero-order chi connectivity index (χ0) is 13.7. The lowest BCUT2D eigenvalue weighted by Crippen LogP contribution is -2.39. The molecule has 1 fully saturated rings. The molecule has 104 valence electrons. The molecule has 1 aliphatic heterocycles. The number of hydrogen-bond donors (Lipinski definition) is 3. The molecule has 0 unspecified atom stereocenters. The fraction of sp³-hybridized carbons (Fsp3) is 0.500. The van der Waals surface area contributed by atoms with Crippen LogP contribution in [0.5, 0.6) is 0 Å². The zero-order valence-electron chi connectivity index (χ0n) is 11.1. The minimum absolute atomic E-state index is 0.283. The Hall–Kier alpha value is -1.62. The van der Waals surface area contributed by atoms with Crippen LogP contribution in [0.25, 0.3) is 0 Å². The minimum Gasteiger partial charge on any atom is -0.338 e. The van der Waals surface area contributed by atoms with Crippen molar-refractivity contribution in [2.24, 2.45) is 5.92 Å². The van der Waals surface area contributed by atoms with Crippen molar-refractivity contribution in [3.63, 3.8) is 0 Å². The van der Waals surface area contributed by atoms with Crippen LogP contribution in [0.4, 0.5) is 14.9 Å². The van der Waals surface area contributed by atoms with Crippen LogP contribution >= 0.6 is 0 Å². The Morgan fingerprint density at radius 3 is 3.05 bits per heavy atom. The second-order valence-corrected chi connectivity index (χ2v) is 5.01. The minimum atomic E-state index is -0.311. The number of carbonyl (C=O) groups excluding carboxylic acids is 1. The van der Waals surface area contributed by atoms with Crippen LogP contribution in [0.1, 0.15) is 18.4 Å². The van der Waals surface area contributed by atoms with E-state index in [1.807, 2.05) is 0 Å². The van der Waals surface area contributed by atoms with Crippen molar-refractivity contribution >= 4 is 11.7 Å². The van der Waals surface area contributed by atoms with Crippen LogP contribution in [-0.4, -0.2) is 25.7 Å². The van der Waals surface area contributed by atoms with Crippen LogP contribution in [0.3, 0.4) is 0 Å². The lowest BCUT2D eigenvalue weighted by atomic mass is 10.00. The lowest BCUT2D eigenvalue weighted by Gasteiger charge is -2.22. The van der Waals surface area contributed by atoms with Gasteiger partial charge in [0.2, 0.25) is 0 Å². The molecule has 5 heteroatoms. The Morgan fingerprint density at radius 2 is 2.37 bits per heavy atom. The normalized spacial score (nSPS) is 18.9. The number of piperidine rings is 1. The lowest BCUT2D eigenvalue weighted by molar-refractivity contribution is 0.248. The first-order valence-electron chi connectivity index (χ1n) is 6.67. The van der Waals surface area contributed by atoms with Crippen LogP contribution in [0.2, 0.25) is 0 Å². The molecule has 1 atom stereocenters. The Balaban J connectivity index is 1.78. The van der Waals surface area contributed by atoms with E-state index in [-0.39, 0.29) is 11.8 Å². The van der Waals surface area contributed by atoms with Crippen LogP contribution in [0.15, 0.2) is 18.2 Å². The van der Waals surface area contributed by atoms with Crippen molar-refractivity contribution < 1.29 is 9.18 Å². The molecular formula is C14H20FN3O. The highest BCUT2D eigenvalue weighted by Gasteiger charge is 2.13. The summed E-state index contributed by atoms with van der Waals surface area (Å²) >= 11 is 0. The van der Waals surface area contributed by atoms with E-state index in [4.69, 9.17) is 0 Å². The van der Waals surface area contributed by atoms with Crippen molar-refractivity contribution in [2.45, 2.75) is 19.8 Å². The fourth-order valence-electron chi connectivity index (χ4n) is 2.18. The number of halogens is 1. The number of amides is 2. The van der Waals surface area contributed by atoms with Gasteiger partial charge in [0.1, 0.15) is 5.82 Å². The number of urea groups is 1. The molecule has 1 aromatic carbocycles. The van der Waals surface area contributed by atoms with Crippen molar-refractivity contribution in [1.29, 1.82) is 0 Å². The summed E-state index contributed by atoms with van der Waals surface area (Å²) in [6.45, 7) is 4.34. The van der Waals surface area contributed by atoms with E-state index in [0.29, 0.717) is 23.7 Å². The molecule has 4 nitrogen and oxygen atoms in total. The molecule has 1 heterocycles. The highest BCUT2D eigenvalue weighted by Crippen LogP contribution is 2.13. The van der Waals surface area contributed by atoms with Gasteiger partial charge in [0.15, 0.2) is 0 Å². The van der Waals surface area contributed by atoms with Gasteiger partial charge in [-0.3, -0.25) is 0 Å². The maximum Gasteiger partial charge on any atom is 0.319 e. The summed E-state index contributed by atoms with van der Waals surface area (Å²) in [6.07, 6.45) is 2.28. The van der Waals surface area contributed by atoms with Gasteiger partial charge in [0.25, 0.3) is 0 Å². The number of nitrogens with one attached hydrogen (secondary N) is 3. The van der Waals surface area contributed by atoms with E-state index >= 15 is 0 Å². The van der Waals surface area contributed by atoms with Gasteiger partial charge in [-0.25, -0.2) is 9.18 Å². The molecule has 1 aliphatic rings. The molecule has 0 spiro atoms. The van der Waals surface area contributed by atoms with Gasteiger partial charge in [-0.05, 0) is 56.5 Å². The van der Waals surface area contributed by atoms with Gasteiger partial charge in [-0.1, -0.05) is 6.07 Å². The van der Waals surface area contributed by atoms with E-state index in [0.717, 1.165) is 25.9 Å². The number of aryl methyl sites for hydroxylation is 1. The summed E-state index contributed by atoms with van der Waals surface area (Å²) in [6, 6.07) is 4.39. The van der Waals surface area contributed by atoms with Crippen molar-refractivity contribution in [3.05, 3.63) is 29.6 Å². The summed E-state index contributed by atoms with van der Waals surface area (Å²) in [5, 5.41) is 8.76. The summed E-state index contributed by atoms with van der Waals surface area (Å²) < 4.78 is 13.3. The molecule has 1 saturated heterocycles. The highest BCUT2D eigenvalue weighted by molar-refractivity contribution is 5.89. The van der Waals surface area contributed by atoms with Gasteiger partial charge in [0.05, 0.1) is 0 Å². The molecule has 19 heavy (non-hydrogen) atoms. The van der Waals surface area contributed by atoms with Crippen LogP contribution in [-0.2, 0) is 0 Å². The largest absolute Gasteiger partial charge is 0.338 e. The second-order valence-electron chi connectivity index (χ2n) is 5.01. The predicted molar refractivity (Wildman–Crippen MR) is 73.8 cm³/mol. The van der Waals surface area contributed by atoms with E-state index in [1.165, 1.54) is 6.07 Å². The number of anilines is 1. The van der Waals surface area contributed by atoms with Crippen molar-refractivity contribution in [3.8, 4) is 0 Å². The van der Waals surface area contributed by atoms with E-state index < -0.39 is 0 Å². The predicted octanol–water partition coefficient (Wildman–Crippen LogP) is 2.26. The Labute approximate surface area is 112 Å². The molecular weight excluding hydrogens is 245 g/mol. The molecule has 0 saturated carbocycles. The summed E-state index contributed by atoms with van der Waals surface area (Å²) in [5.74, 6) is 0.170. The monoisotopic (exact) mass is 265 g/mol. The van der Waals surface area contributed by atoms with Crippen LogP contribution < -0.4 is 16.0 Å². The molecule has 1 aromatic rings. The third kappa shape index (κ3) is 4.21. The van der Waals surface area contributed by atoms with Crippen LogP contribution in [0, 0.1) is 18.7 Å². The third-order valence-corrected chi connectivity index (χ3v) is 3.38. The van der Waals surface area contributed by atoms with Gasteiger partial charge in [-0.2, -0.15) is 0 Å². The van der Waals surface area contributed by atoms with Crippen molar-refractivity contribution in [1.82, 2.24) is 10.6 Å². The molecule has 0 aromatic heterocycles. The first-order chi connectivity index (χ1) is 9.15. The second kappa shape index (κ2) is 6.52. The first kappa shape index (κ1) is 13.8. The van der Waals surface area contributed by atoms with Crippen molar-refractivity contribution in [2.75, 3.05) is 25.0 Å². The maximum atomic E-state index is 13.3. The number of carbonyl (C=O) groups is 1. The Morgan fingerprint density at radius 1 is 1.53 bits per heavy atom. The summed E-state index contributed by atoms with van der Waals surface area (Å²) in [4.78, 5) is 11.7. The average molecular weight is 265 g/mol. The average Bonchev–Trinajstić information content (AvgIpc) is 2.42. The number of rotatable bonds is 3. The molecule has 2 rings (SSSR count). The number of hydrogen-bond acceptors (Lipinski definition) is 2. The third-order valence-electron chi connectivity index (χ3n) is 3.38. The van der Waals surface area contributed by atoms with E-state index in [9.17, 15) is 9.18 Å². The Bertz CT molecular complexity index is 444. The fourth-order valence-corrected chi connectivity index (χ4v) is 2.18. The molecule has 0 aliphatic carbocycles. The highest BCUT2D eigenvalue weighted by atomic mass is 19.1. The van der Waals surface area contributed by atoms with Gasteiger partial charge in [-0.15, -0.1) is 0 Å². The van der Waals surface area contributed by atoms with Gasteiger partial charge in [0, 0.05) is 12.2 Å². The van der Waals surface area contributed by atoms with Gasteiger partial charge < -0.3 is 16.0 Å². The molecule has 2 amide bonds. The zero-order valence-corrected chi connectivity index (χ0v) is 11.1. The maximum absolute atomic E-state index is 13.3. The topological polar surface area (TPSA) is 53.2 Å². The molecule has 0 radical (unpaired) electrons. The smallest absolute Gasteiger partial charge is 0.319 e. The summed E-state index contributed by atoms with van der Waals surface area (Å²) in [7, 11) is 0. The molecule has 0 bridgehead atoms. The van der Waals surface area contributed by atoms with E-state index in [2.05, 4.69) is 16.0 Å². The first-order valence-corrected chi connectivity index (χ1v) is 6.67. The molecule has 3 N–H and O–H groups in total. The standard InChI is InChI=1S/C14H20FN3O/c1-10-4-5-12(7-13(10)15)18-14(19)17-9-11-3-2-6-16-8-11/h4-5,7,11,16H,2-3,6,8-9H2,1H3,(H2,17,18,19)/t11-/m0/s1. The number of benzene rings is 1. The van der Waals surface area contributed by atoms with Gasteiger partial charge >= 0.3 is 6.03 Å². The summed E-state index contributed by atoms with van der Waals surface area (Å²) in [5.41, 5.74) is 1.04. The van der Waals surface area contributed by atoms with E-state index in [1.54, 1.807) is 19.1 Å².